The Labute approximate surface area is 179 Å². The van der Waals surface area contributed by atoms with Crippen LogP contribution in [0.25, 0.3) is 27.8 Å². The number of nitrogens with zero attached hydrogens (tertiary/aromatic N) is 6. The summed E-state index contributed by atoms with van der Waals surface area (Å²) in [6, 6.07) is 7.65. The van der Waals surface area contributed by atoms with Crippen molar-refractivity contribution < 1.29 is 14.6 Å². The first-order valence-corrected chi connectivity index (χ1v) is 9.57. The number of nitriles is 1. The monoisotopic (exact) mass is 418 g/mol. The quantitative estimate of drug-likeness (QED) is 0.527. The first-order valence-electron chi connectivity index (χ1n) is 9.57. The predicted octanol–water partition coefficient (Wildman–Crippen LogP) is 3.57. The van der Waals surface area contributed by atoms with E-state index in [1.165, 1.54) is 7.11 Å². The van der Waals surface area contributed by atoms with Gasteiger partial charge in [0.15, 0.2) is 5.75 Å². The fourth-order valence-corrected chi connectivity index (χ4v) is 3.43. The van der Waals surface area contributed by atoms with Gasteiger partial charge in [0.2, 0.25) is 5.88 Å². The Hall–Kier alpha value is -4.06. The second kappa shape index (κ2) is 7.32. The molecule has 0 spiro atoms. The minimum absolute atomic E-state index is 0.0614. The van der Waals surface area contributed by atoms with Crippen LogP contribution in [0.3, 0.4) is 0 Å². The molecule has 31 heavy (non-hydrogen) atoms. The Kier molecular flexibility index (Phi) is 4.78. The molecule has 0 saturated heterocycles. The normalized spacial score (nSPS) is 11.5. The summed E-state index contributed by atoms with van der Waals surface area (Å²) in [7, 11) is 3.08. The highest BCUT2D eigenvalue weighted by molar-refractivity contribution is 5.90. The van der Waals surface area contributed by atoms with E-state index in [4.69, 9.17) is 14.5 Å². The maximum absolute atomic E-state index is 10.9. The molecule has 4 heterocycles. The van der Waals surface area contributed by atoms with Gasteiger partial charge in [-0.2, -0.15) is 10.4 Å². The van der Waals surface area contributed by atoms with Crippen molar-refractivity contribution >= 4 is 10.9 Å². The summed E-state index contributed by atoms with van der Waals surface area (Å²) < 4.78 is 13.8. The first kappa shape index (κ1) is 20.2. The van der Waals surface area contributed by atoms with Crippen LogP contribution in [0.15, 0.2) is 36.8 Å². The van der Waals surface area contributed by atoms with Crippen molar-refractivity contribution in [2.24, 2.45) is 0 Å². The average Bonchev–Trinajstić information content (AvgIpc) is 3.37. The summed E-state index contributed by atoms with van der Waals surface area (Å²) >= 11 is 0. The molecule has 0 atom stereocenters. The molecule has 4 aromatic rings. The van der Waals surface area contributed by atoms with Gasteiger partial charge >= 0.3 is 0 Å². The highest BCUT2D eigenvalue weighted by Gasteiger charge is 2.23. The molecule has 0 aliphatic rings. The number of methoxy groups -OCH3 is 2. The smallest absolute Gasteiger partial charge is 0.256 e. The Morgan fingerprint density at radius 1 is 1.16 bits per heavy atom. The Balaban J connectivity index is 1.83. The zero-order valence-electron chi connectivity index (χ0n) is 17.9. The van der Waals surface area contributed by atoms with Gasteiger partial charge in [0, 0.05) is 17.5 Å². The lowest BCUT2D eigenvalue weighted by Crippen LogP contribution is -2.24. The van der Waals surface area contributed by atoms with E-state index in [0.717, 1.165) is 11.3 Å². The molecule has 0 aliphatic carbocycles. The van der Waals surface area contributed by atoms with Gasteiger partial charge in [-0.3, -0.25) is 9.25 Å². The number of aromatic hydroxyl groups is 1. The van der Waals surface area contributed by atoms with Gasteiger partial charge in [0.05, 0.1) is 55.0 Å². The van der Waals surface area contributed by atoms with Crippen LogP contribution >= 0.6 is 0 Å². The van der Waals surface area contributed by atoms with Crippen LogP contribution in [0, 0.1) is 18.3 Å². The molecule has 158 valence electrons. The molecular weight excluding hydrogens is 396 g/mol. The van der Waals surface area contributed by atoms with Gasteiger partial charge in [0.25, 0.3) is 5.88 Å². The maximum Gasteiger partial charge on any atom is 0.256 e. The third-order valence-corrected chi connectivity index (χ3v) is 5.23. The molecule has 0 fully saturated rings. The Morgan fingerprint density at radius 2 is 1.94 bits per heavy atom. The molecule has 0 aliphatic heterocycles. The second-order valence-corrected chi connectivity index (χ2v) is 7.59. The van der Waals surface area contributed by atoms with E-state index in [2.05, 4.69) is 16.2 Å². The molecule has 4 aromatic heterocycles. The van der Waals surface area contributed by atoms with Gasteiger partial charge in [-0.1, -0.05) is 0 Å². The molecule has 0 amide bonds. The summed E-state index contributed by atoms with van der Waals surface area (Å²) in [6.07, 6.45) is 5.01. The van der Waals surface area contributed by atoms with Gasteiger partial charge in [0.1, 0.15) is 5.54 Å². The Bertz CT molecular complexity index is 1330. The van der Waals surface area contributed by atoms with E-state index >= 15 is 0 Å². The van der Waals surface area contributed by atoms with Crippen molar-refractivity contribution in [3.05, 3.63) is 42.5 Å². The number of hydrogen-bond acceptors (Lipinski definition) is 7. The molecule has 0 radical (unpaired) electrons. The molecule has 4 rings (SSSR count). The van der Waals surface area contributed by atoms with Crippen LogP contribution in [-0.4, -0.2) is 43.6 Å². The number of ether oxygens (including phenoxy) is 2. The minimum atomic E-state index is -0.805. The van der Waals surface area contributed by atoms with E-state index in [0.29, 0.717) is 33.9 Å². The average molecular weight is 418 g/mol. The minimum Gasteiger partial charge on any atom is -0.494 e. The zero-order valence-corrected chi connectivity index (χ0v) is 17.9. The van der Waals surface area contributed by atoms with Crippen LogP contribution in [-0.2, 0) is 5.54 Å². The largest absolute Gasteiger partial charge is 0.494 e. The lowest BCUT2D eigenvalue weighted by atomic mass is 10.1. The maximum atomic E-state index is 10.9. The van der Waals surface area contributed by atoms with Crippen LogP contribution in [0.2, 0.25) is 0 Å². The number of hydrogen-bond donors (Lipinski definition) is 1. The number of pyridine rings is 2. The van der Waals surface area contributed by atoms with Crippen molar-refractivity contribution in [3.8, 4) is 40.5 Å². The van der Waals surface area contributed by atoms with E-state index in [9.17, 15) is 10.4 Å². The van der Waals surface area contributed by atoms with Crippen LogP contribution in [0.1, 0.15) is 19.5 Å². The summed E-state index contributed by atoms with van der Waals surface area (Å²) in [5, 5.41) is 25.1. The highest BCUT2D eigenvalue weighted by Crippen LogP contribution is 2.36. The lowest BCUT2D eigenvalue weighted by molar-refractivity contribution is 0.343. The van der Waals surface area contributed by atoms with E-state index in [-0.39, 0.29) is 5.88 Å². The fraction of sp³-hybridized carbons (Fsp3) is 0.273. The van der Waals surface area contributed by atoms with Gasteiger partial charge in [-0.05, 0) is 39.0 Å². The number of aryl methyl sites for hydroxylation is 1. The zero-order chi connectivity index (χ0) is 22.3. The summed E-state index contributed by atoms with van der Waals surface area (Å²) in [5.74, 6) is 0.961. The van der Waals surface area contributed by atoms with Crippen molar-refractivity contribution in [2.45, 2.75) is 26.3 Å². The topological polar surface area (TPSA) is 111 Å². The van der Waals surface area contributed by atoms with E-state index in [1.807, 2.05) is 19.1 Å². The molecule has 0 bridgehead atoms. The van der Waals surface area contributed by atoms with Gasteiger partial charge in [-0.25, -0.2) is 9.97 Å². The molecule has 0 aromatic carbocycles. The number of aromatic nitrogens is 5. The number of rotatable bonds is 5. The standard InChI is InChI=1S/C22H22N6O3/c1-13-19-16(21(29)28(13)15-10-25-27(11-15)22(2,3)12-23)6-7-17(26-19)14-8-18(30-4)20(31-5)24-9-14/h6-11,29H,1-5H3. The first-order chi connectivity index (χ1) is 14.8. The molecule has 0 unspecified atom stereocenters. The SMILES string of the molecule is COc1cc(-c2ccc3c(O)n(-c4cnn(C(C)(C)C#N)c4)c(C)c3n2)cnc1OC. The summed E-state index contributed by atoms with van der Waals surface area (Å²) in [5.41, 5.74) is 2.68. The van der Waals surface area contributed by atoms with Crippen molar-refractivity contribution in [1.29, 1.82) is 5.26 Å². The highest BCUT2D eigenvalue weighted by atomic mass is 16.5. The lowest BCUT2D eigenvalue weighted by Gasteiger charge is -2.15. The van der Waals surface area contributed by atoms with Crippen LogP contribution in [0.4, 0.5) is 0 Å². The molecule has 9 nitrogen and oxygen atoms in total. The van der Waals surface area contributed by atoms with Gasteiger partial charge in [-0.15, -0.1) is 0 Å². The van der Waals surface area contributed by atoms with E-state index in [1.54, 1.807) is 54.9 Å². The second-order valence-electron chi connectivity index (χ2n) is 7.59. The van der Waals surface area contributed by atoms with Crippen molar-refractivity contribution in [2.75, 3.05) is 14.2 Å². The fourth-order valence-electron chi connectivity index (χ4n) is 3.43. The molecule has 0 saturated carbocycles. The summed E-state index contributed by atoms with van der Waals surface area (Å²) in [6.45, 7) is 5.42. The summed E-state index contributed by atoms with van der Waals surface area (Å²) in [4.78, 5) is 9.03. The van der Waals surface area contributed by atoms with Gasteiger partial charge < -0.3 is 14.6 Å². The molecule has 9 heteroatoms. The molecule has 1 N–H and O–H groups in total. The third kappa shape index (κ3) is 3.22. The predicted molar refractivity (Wildman–Crippen MR) is 115 cm³/mol. The third-order valence-electron chi connectivity index (χ3n) is 5.23. The van der Waals surface area contributed by atoms with Crippen LogP contribution < -0.4 is 9.47 Å². The van der Waals surface area contributed by atoms with E-state index < -0.39 is 5.54 Å². The van der Waals surface area contributed by atoms with Crippen LogP contribution in [0.5, 0.6) is 17.5 Å². The Morgan fingerprint density at radius 3 is 2.61 bits per heavy atom. The number of fused-ring (bicyclic) bond motifs is 1. The van der Waals surface area contributed by atoms with Crippen molar-refractivity contribution in [1.82, 2.24) is 24.3 Å². The van der Waals surface area contributed by atoms with Crippen molar-refractivity contribution in [3.63, 3.8) is 0 Å². The molecular formula is C22H22N6O3.